The second-order valence-electron chi connectivity index (χ2n) is 4.81. The van der Waals surface area contributed by atoms with Crippen molar-refractivity contribution in [1.29, 1.82) is 0 Å². The van der Waals surface area contributed by atoms with Crippen LogP contribution in [0.2, 0.25) is 0 Å². The predicted octanol–water partition coefficient (Wildman–Crippen LogP) is 2.54. The van der Waals surface area contributed by atoms with Gasteiger partial charge >= 0.3 is 0 Å². The monoisotopic (exact) mass is 239 g/mol. The van der Waals surface area contributed by atoms with Gasteiger partial charge in [-0.1, -0.05) is 26.0 Å². The van der Waals surface area contributed by atoms with Crippen LogP contribution < -0.4 is 5.32 Å². The Kier molecular flexibility index (Phi) is 5.59. The second-order valence-corrected chi connectivity index (χ2v) is 4.81. The molecule has 3 atom stereocenters. The van der Waals surface area contributed by atoms with Crippen LogP contribution >= 0.6 is 0 Å². The Bertz CT molecular complexity index is 325. The van der Waals surface area contributed by atoms with Crippen LogP contribution in [0, 0.1) is 11.7 Å². The Morgan fingerprint density at radius 3 is 2.29 bits per heavy atom. The zero-order chi connectivity index (χ0) is 12.8. The number of benzene rings is 1. The van der Waals surface area contributed by atoms with E-state index < -0.39 is 0 Å². The molecular formula is C14H22FNO. The highest BCUT2D eigenvalue weighted by molar-refractivity contribution is 5.20. The first-order chi connectivity index (χ1) is 8.04. The summed E-state index contributed by atoms with van der Waals surface area (Å²) in [5.41, 5.74) is 1.13. The van der Waals surface area contributed by atoms with Crippen LogP contribution in [0.25, 0.3) is 0 Å². The molecular weight excluding hydrogens is 217 g/mol. The molecule has 0 spiro atoms. The fourth-order valence-electron chi connectivity index (χ4n) is 1.63. The van der Waals surface area contributed by atoms with E-state index in [0.717, 1.165) is 12.1 Å². The van der Waals surface area contributed by atoms with Crippen LogP contribution in [0.15, 0.2) is 24.3 Å². The molecule has 0 saturated carbocycles. The lowest BCUT2D eigenvalue weighted by Crippen LogP contribution is -2.36. The van der Waals surface area contributed by atoms with E-state index >= 15 is 0 Å². The molecule has 0 saturated heterocycles. The van der Waals surface area contributed by atoms with Gasteiger partial charge in [0.2, 0.25) is 0 Å². The van der Waals surface area contributed by atoms with Gasteiger partial charge in [-0.3, -0.25) is 0 Å². The fourth-order valence-corrected chi connectivity index (χ4v) is 1.63. The van der Waals surface area contributed by atoms with E-state index in [1.807, 2.05) is 19.1 Å². The van der Waals surface area contributed by atoms with Crippen LogP contribution in [0.5, 0.6) is 0 Å². The van der Waals surface area contributed by atoms with E-state index in [1.165, 1.54) is 12.1 Å². The summed E-state index contributed by atoms with van der Waals surface area (Å²) in [6, 6.07) is 6.91. The van der Waals surface area contributed by atoms with Crippen molar-refractivity contribution < 1.29 is 9.50 Å². The smallest absolute Gasteiger partial charge is 0.123 e. The summed E-state index contributed by atoms with van der Waals surface area (Å²) in [5, 5.41) is 12.4. The van der Waals surface area contributed by atoms with Gasteiger partial charge in [-0.25, -0.2) is 4.39 Å². The zero-order valence-corrected chi connectivity index (χ0v) is 10.8. The first-order valence-electron chi connectivity index (χ1n) is 6.14. The quantitative estimate of drug-likeness (QED) is 0.799. The lowest BCUT2D eigenvalue weighted by Gasteiger charge is -2.22. The van der Waals surface area contributed by atoms with Crippen LogP contribution in [0.4, 0.5) is 4.39 Å². The Balaban J connectivity index is 2.44. The third kappa shape index (κ3) is 4.44. The first-order valence-corrected chi connectivity index (χ1v) is 6.14. The summed E-state index contributed by atoms with van der Waals surface area (Å²) in [6.07, 6.45) is 0. The molecule has 0 heterocycles. The van der Waals surface area contributed by atoms with Gasteiger partial charge in [0.25, 0.3) is 0 Å². The van der Waals surface area contributed by atoms with Crippen molar-refractivity contribution in [3.05, 3.63) is 35.6 Å². The molecule has 0 amide bonds. The molecule has 0 aliphatic carbocycles. The molecule has 3 unspecified atom stereocenters. The highest BCUT2D eigenvalue weighted by atomic mass is 19.1. The molecule has 2 N–H and O–H groups in total. The van der Waals surface area contributed by atoms with Crippen LogP contribution in [-0.4, -0.2) is 24.3 Å². The summed E-state index contributed by atoms with van der Waals surface area (Å²) in [5.74, 6) is 0.385. The fraction of sp³-hybridized carbons (Fsp3) is 0.571. The summed E-state index contributed by atoms with van der Waals surface area (Å²) < 4.78 is 12.8. The molecule has 2 nitrogen and oxygen atoms in total. The minimum atomic E-state index is -0.198. The van der Waals surface area contributed by atoms with Crippen molar-refractivity contribution in [3.8, 4) is 0 Å². The maximum absolute atomic E-state index is 12.8. The number of hydrogen-bond donors (Lipinski definition) is 2. The second kappa shape index (κ2) is 6.72. The molecule has 0 bridgehead atoms. The average molecular weight is 239 g/mol. The highest BCUT2D eigenvalue weighted by Crippen LogP contribution is 2.15. The number of nitrogens with one attached hydrogen (secondary N) is 1. The topological polar surface area (TPSA) is 32.3 Å². The van der Waals surface area contributed by atoms with E-state index in [0.29, 0.717) is 5.92 Å². The van der Waals surface area contributed by atoms with Crippen molar-refractivity contribution in [2.75, 3.05) is 13.2 Å². The number of hydrogen-bond acceptors (Lipinski definition) is 2. The average Bonchev–Trinajstić information content (AvgIpc) is 2.35. The lowest BCUT2D eigenvalue weighted by molar-refractivity contribution is 0.207. The summed E-state index contributed by atoms with van der Waals surface area (Å²) in [7, 11) is 0. The van der Waals surface area contributed by atoms with Crippen molar-refractivity contribution in [2.24, 2.45) is 5.92 Å². The molecule has 96 valence electrons. The van der Waals surface area contributed by atoms with Crippen molar-refractivity contribution in [1.82, 2.24) is 5.32 Å². The van der Waals surface area contributed by atoms with Gasteiger partial charge in [0, 0.05) is 19.2 Å². The Hall–Kier alpha value is -0.930. The summed E-state index contributed by atoms with van der Waals surface area (Å²) in [4.78, 5) is 0. The predicted molar refractivity (Wildman–Crippen MR) is 68.5 cm³/mol. The van der Waals surface area contributed by atoms with E-state index in [1.54, 1.807) is 0 Å². The van der Waals surface area contributed by atoms with Crippen LogP contribution in [0.3, 0.4) is 0 Å². The van der Waals surface area contributed by atoms with Gasteiger partial charge in [0.15, 0.2) is 0 Å². The van der Waals surface area contributed by atoms with E-state index in [-0.39, 0.29) is 24.4 Å². The maximum Gasteiger partial charge on any atom is 0.123 e. The summed E-state index contributed by atoms with van der Waals surface area (Å²) in [6.45, 7) is 7.21. The van der Waals surface area contributed by atoms with Crippen molar-refractivity contribution in [2.45, 2.75) is 32.7 Å². The SMILES string of the molecule is CC(CNC(C)C(C)CO)c1ccc(F)cc1. The molecule has 1 aromatic carbocycles. The maximum atomic E-state index is 12.8. The number of aliphatic hydroxyl groups is 1. The molecule has 0 aliphatic heterocycles. The Labute approximate surface area is 103 Å². The Morgan fingerprint density at radius 2 is 1.76 bits per heavy atom. The molecule has 0 radical (unpaired) electrons. The molecule has 0 aliphatic rings. The van der Waals surface area contributed by atoms with Crippen LogP contribution in [0.1, 0.15) is 32.3 Å². The lowest BCUT2D eigenvalue weighted by atomic mass is 9.99. The number of aliphatic hydroxyl groups excluding tert-OH is 1. The highest BCUT2D eigenvalue weighted by Gasteiger charge is 2.12. The van der Waals surface area contributed by atoms with E-state index in [9.17, 15) is 4.39 Å². The van der Waals surface area contributed by atoms with E-state index in [2.05, 4.69) is 19.2 Å². The number of halogens is 1. The van der Waals surface area contributed by atoms with Crippen molar-refractivity contribution in [3.63, 3.8) is 0 Å². The molecule has 0 aromatic heterocycles. The molecule has 0 fully saturated rings. The largest absolute Gasteiger partial charge is 0.396 e. The molecule has 3 heteroatoms. The van der Waals surface area contributed by atoms with Crippen molar-refractivity contribution >= 4 is 0 Å². The van der Waals surface area contributed by atoms with Gasteiger partial charge in [0.05, 0.1) is 0 Å². The standard InChI is InChI=1S/C14H22FNO/c1-10(8-16-12(3)11(2)9-17)13-4-6-14(15)7-5-13/h4-7,10-12,16-17H,8-9H2,1-3H3. The zero-order valence-electron chi connectivity index (χ0n) is 10.8. The van der Waals surface area contributed by atoms with Gasteiger partial charge in [-0.2, -0.15) is 0 Å². The third-order valence-corrected chi connectivity index (χ3v) is 3.33. The Morgan fingerprint density at radius 1 is 1.18 bits per heavy atom. The van der Waals surface area contributed by atoms with E-state index in [4.69, 9.17) is 5.11 Å². The molecule has 17 heavy (non-hydrogen) atoms. The third-order valence-electron chi connectivity index (χ3n) is 3.33. The van der Waals surface area contributed by atoms with Gasteiger partial charge in [0.1, 0.15) is 5.82 Å². The number of rotatable bonds is 6. The van der Waals surface area contributed by atoms with Gasteiger partial charge < -0.3 is 10.4 Å². The normalized spacial score (nSPS) is 16.5. The van der Waals surface area contributed by atoms with Gasteiger partial charge in [-0.05, 0) is 36.5 Å². The molecule has 1 aromatic rings. The van der Waals surface area contributed by atoms with Gasteiger partial charge in [-0.15, -0.1) is 0 Å². The minimum Gasteiger partial charge on any atom is -0.396 e. The minimum absolute atomic E-state index is 0.194. The van der Waals surface area contributed by atoms with Crippen LogP contribution in [-0.2, 0) is 0 Å². The summed E-state index contributed by atoms with van der Waals surface area (Å²) >= 11 is 0. The first kappa shape index (κ1) is 14.1. The molecule has 1 rings (SSSR count).